The van der Waals surface area contributed by atoms with Gasteiger partial charge in [0.2, 0.25) is 10.0 Å². The Balaban J connectivity index is 1.63. The number of hydrogen-bond acceptors (Lipinski definition) is 4. The second-order valence-electron chi connectivity index (χ2n) is 5.82. The van der Waals surface area contributed by atoms with Gasteiger partial charge >= 0.3 is 0 Å². The van der Waals surface area contributed by atoms with Crippen LogP contribution in [0.1, 0.15) is 36.8 Å². The molecule has 1 N–H and O–H groups in total. The third kappa shape index (κ3) is 2.12. The summed E-state index contributed by atoms with van der Waals surface area (Å²) in [6.45, 7) is 2.68. The summed E-state index contributed by atoms with van der Waals surface area (Å²) in [7, 11) is -3.57. The van der Waals surface area contributed by atoms with Gasteiger partial charge in [0.05, 0.1) is 17.5 Å². The van der Waals surface area contributed by atoms with E-state index in [9.17, 15) is 8.42 Å². The Morgan fingerprint density at radius 1 is 1.41 bits per heavy atom. The van der Waals surface area contributed by atoms with Gasteiger partial charge in [0.1, 0.15) is 11.6 Å². The number of ether oxygens (including phenoxy) is 1. The molecule has 2 aliphatic heterocycles. The Kier molecular flexibility index (Phi) is 3.02. The van der Waals surface area contributed by atoms with Crippen molar-refractivity contribution < 1.29 is 13.2 Å². The minimum Gasteiger partial charge on any atom is -0.493 e. The molecule has 2 aromatic rings. The third-order valence-electron chi connectivity index (χ3n) is 4.33. The lowest BCUT2D eigenvalue weighted by molar-refractivity contribution is 0.356. The average molecular weight is 319 g/mol. The van der Waals surface area contributed by atoms with Gasteiger partial charge in [-0.2, -0.15) is 0 Å². The number of hydrogen-bond donors (Lipinski definition) is 1. The molecule has 1 aromatic carbocycles. The first-order valence-electron chi connectivity index (χ1n) is 7.35. The van der Waals surface area contributed by atoms with Crippen LogP contribution in [0.5, 0.6) is 5.75 Å². The van der Waals surface area contributed by atoms with Crippen LogP contribution in [0.2, 0.25) is 0 Å². The van der Waals surface area contributed by atoms with Gasteiger partial charge in [-0.3, -0.25) is 0 Å². The highest BCUT2D eigenvalue weighted by atomic mass is 32.2. The molecule has 0 radical (unpaired) electrons. The summed E-state index contributed by atoms with van der Waals surface area (Å²) >= 11 is 0. The van der Waals surface area contributed by atoms with Crippen molar-refractivity contribution >= 4 is 10.0 Å². The van der Waals surface area contributed by atoms with Crippen molar-refractivity contribution in [2.75, 3.05) is 6.61 Å². The molecular weight excluding hydrogens is 302 g/mol. The zero-order valence-corrected chi connectivity index (χ0v) is 13.0. The van der Waals surface area contributed by atoms with Crippen molar-refractivity contribution in [2.24, 2.45) is 0 Å². The predicted molar refractivity (Wildman–Crippen MR) is 80.3 cm³/mol. The molecule has 4 rings (SSSR count). The molecule has 22 heavy (non-hydrogen) atoms. The molecule has 3 heterocycles. The Morgan fingerprint density at radius 3 is 3.14 bits per heavy atom. The van der Waals surface area contributed by atoms with Gasteiger partial charge in [0.15, 0.2) is 0 Å². The molecule has 0 saturated carbocycles. The zero-order chi connectivity index (χ0) is 15.3. The van der Waals surface area contributed by atoms with Gasteiger partial charge in [-0.1, -0.05) is 0 Å². The number of sulfonamides is 1. The fourth-order valence-electron chi connectivity index (χ4n) is 3.21. The lowest BCUT2D eigenvalue weighted by Crippen LogP contribution is -2.28. The van der Waals surface area contributed by atoms with E-state index in [1.54, 1.807) is 24.4 Å². The summed E-state index contributed by atoms with van der Waals surface area (Å²) in [6.07, 6.45) is 5.07. The van der Waals surface area contributed by atoms with E-state index in [-0.39, 0.29) is 17.0 Å². The van der Waals surface area contributed by atoms with E-state index in [1.165, 1.54) is 0 Å². The van der Waals surface area contributed by atoms with Gasteiger partial charge in [-0.05, 0) is 37.1 Å². The number of nitrogens with zero attached hydrogens (tertiary/aromatic N) is 2. The van der Waals surface area contributed by atoms with Crippen molar-refractivity contribution in [2.45, 2.75) is 36.7 Å². The summed E-state index contributed by atoms with van der Waals surface area (Å²) in [6, 6.07) is 5.00. The summed E-state index contributed by atoms with van der Waals surface area (Å²) in [5.41, 5.74) is 0.948. The van der Waals surface area contributed by atoms with Crippen molar-refractivity contribution in [3.05, 3.63) is 42.0 Å². The molecule has 0 spiro atoms. The maximum atomic E-state index is 12.6. The fraction of sp³-hybridized carbons (Fsp3) is 0.400. The fourth-order valence-corrected chi connectivity index (χ4v) is 4.47. The van der Waals surface area contributed by atoms with Crippen LogP contribution in [0.3, 0.4) is 0 Å². The minimum atomic E-state index is -3.57. The first-order valence-corrected chi connectivity index (χ1v) is 8.84. The molecule has 0 bridgehead atoms. The number of nitrogens with one attached hydrogen (secondary N) is 1. The molecule has 0 aliphatic carbocycles. The summed E-state index contributed by atoms with van der Waals surface area (Å²) in [5, 5.41) is 0. The molecule has 2 atom stereocenters. The van der Waals surface area contributed by atoms with Crippen LogP contribution < -0.4 is 9.46 Å². The highest BCUT2D eigenvalue weighted by Crippen LogP contribution is 2.34. The van der Waals surface area contributed by atoms with Crippen LogP contribution >= 0.6 is 0 Å². The lowest BCUT2D eigenvalue weighted by Gasteiger charge is -2.13. The monoisotopic (exact) mass is 319 g/mol. The SMILES string of the molecule is CC1CC(NS(=O)(=O)c2ccc3c(c2)CCO3)c2nccn21. The van der Waals surface area contributed by atoms with Crippen LogP contribution in [0.15, 0.2) is 35.5 Å². The van der Waals surface area contributed by atoms with Gasteiger partial charge in [0, 0.05) is 24.9 Å². The van der Waals surface area contributed by atoms with E-state index in [2.05, 4.69) is 16.6 Å². The van der Waals surface area contributed by atoms with Crippen molar-refractivity contribution in [3.8, 4) is 5.75 Å². The third-order valence-corrected chi connectivity index (χ3v) is 5.80. The number of aromatic nitrogens is 2. The molecule has 1 aromatic heterocycles. The molecule has 116 valence electrons. The Bertz CT molecular complexity index is 828. The van der Waals surface area contributed by atoms with Crippen molar-refractivity contribution in [1.82, 2.24) is 14.3 Å². The largest absolute Gasteiger partial charge is 0.493 e. The van der Waals surface area contributed by atoms with Gasteiger partial charge < -0.3 is 9.30 Å². The molecular formula is C15H17N3O3S. The Hall–Kier alpha value is -1.86. The quantitative estimate of drug-likeness (QED) is 0.936. The van der Waals surface area contributed by atoms with E-state index in [1.807, 2.05) is 10.8 Å². The smallest absolute Gasteiger partial charge is 0.241 e. The van der Waals surface area contributed by atoms with E-state index in [0.29, 0.717) is 6.61 Å². The lowest BCUT2D eigenvalue weighted by atomic mass is 10.2. The van der Waals surface area contributed by atoms with Crippen LogP contribution in [0.25, 0.3) is 0 Å². The van der Waals surface area contributed by atoms with E-state index in [0.717, 1.165) is 30.0 Å². The second kappa shape index (κ2) is 4.82. The van der Waals surface area contributed by atoms with Crippen molar-refractivity contribution in [1.29, 1.82) is 0 Å². The van der Waals surface area contributed by atoms with Crippen LogP contribution in [-0.4, -0.2) is 24.6 Å². The van der Waals surface area contributed by atoms with E-state index in [4.69, 9.17) is 4.74 Å². The summed E-state index contributed by atoms with van der Waals surface area (Å²) in [5.74, 6) is 1.56. The first kappa shape index (κ1) is 13.8. The summed E-state index contributed by atoms with van der Waals surface area (Å²) in [4.78, 5) is 4.57. The Morgan fingerprint density at radius 2 is 2.27 bits per heavy atom. The van der Waals surface area contributed by atoms with Gasteiger partial charge in [-0.25, -0.2) is 18.1 Å². The highest BCUT2D eigenvalue weighted by Gasteiger charge is 2.32. The maximum absolute atomic E-state index is 12.6. The number of benzene rings is 1. The van der Waals surface area contributed by atoms with Gasteiger partial charge in [-0.15, -0.1) is 0 Å². The number of imidazole rings is 1. The molecule has 0 fully saturated rings. The first-order chi connectivity index (χ1) is 10.5. The highest BCUT2D eigenvalue weighted by molar-refractivity contribution is 7.89. The molecule has 0 saturated heterocycles. The van der Waals surface area contributed by atoms with Gasteiger partial charge in [0.25, 0.3) is 0 Å². The molecule has 2 unspecified atom stereocenters. The number of rotatable bonds is 3. The average Bonchev–Trinajstić information content (AvgIpc) is 3.18. The van der Waals surface area contributed by atoms with Crippen LogP contribution in [-0.2, 0) is 16.4 Å². The van der Waals surface area contributed by atoms with E-state index < -0.39 is 10.0 Å². The molecule has 7 heteroatoms. The van der Waals surface area contributed by atoms with Crippen LogP contribution in [0.4, 0.5) is 0 Å². The number of fused-ring (bicyclic) bond motifs is 2. The van der Waals surface area contributed by atoms with E-state index >= 15 is 0 Å². The van der Waals surface area contributed by atoms with Crippen LogP contribution in [0, 0.1) is 0 Å². The molecule has 2 aliphatic rings. The standard InChI is InChI=1S/C15H17N3O3S/c1-10-8-13(15-16-5-6-18(10)15)17-22(19,20)12-2-3-14-11(9-12)4-7-21-14/h2-3,5-6,9-10,13,17H,4,7-8H2,1H3. The zero-order valence-electron chi connectivity index (χ0n) is 12.2. The molecule has 0 amide bonds. The minimum absolute atomic E-state index is 0.249. The second-order valence-corrected chi connectivity index (χ2v) is 7.53. The normalized spacial score (nSPS) is 23.1. The molecule has 6 nitrogen and oxygen atoms in total. The maximum Gasteiger partial charge on any atom is 0.241 e. The summed E-state index contributed by atoms with van der Waals surface area (Å²) < 4.78 is 35.5. The Labute approximate surface area is 129 Å². The topological polar surface area (TPSA) is 73.2 Å². The predicted octanol–water partition coefficient (Wildman–Crippen LogP) is 1.80. The van der Waals surface area contributed by atoms with Crippen molar-refractivity contribution in [3.63, 3.8) is 0 Å².